The molecule has 1 unspecified atom stereocenters. The molecule has 5 heteroatoms. The lowest BCUT2D eigenvalue weighted by molar-refractivity contribution is -0.133. The van der Waals surface area contributed by atoms with Crippen molar-refractivity contribution in [3.63, 3.8) is 0 Å². The van der Waals surface area contributed by atoms with Gasteiger partial charge in [-0.1, -0.05) is 40.2 Å². The maximum Gasteiger partial charge on any atom is 0.240 e. The predicted molar refractivity (Wildman–Crippen MR) is 93.1 cm³/mol. The summed E-state index contributed by atoms with van der Waals surface area (Å²) in [6.07, 6.45) is 0.453. The first kappa shape index (κ1) is 16.0. The van der Waals surface area contributed by atoms with Gasteiger partial charge in [0.15, 0.2) is 0 Å². The number of amides is 1. The molecule has 1 aliphatic heterocycles. The fourth-order valence-electron chi connectivity index (χ4n) is 2.95. The molecule has 0 radical (unpaired) electrons. The van der Waals surface area contributed by atoms with Crippen LogP contribution in [0.4, 0.5) is 0 Å². The van der Waals surface area contributed by atoms with Crippen LogP contribution in [0, 0.1) is 0 Å². The average Bonchev–Trinajstić information content (AvgIpc) is 2.98. The molecular formula is C18H19BrN2O2. The molecule has 2 aromatic rings. The number of hydrogen-bond acceptors (Lipinski definition) is 3. The first-order valence-electron chi connectivity index (χ1n) is 7.52. The predicted octanol–water partition coefficient (Wildman–Crippen LogP) is 2.87. The van der Waals surface area contributed by atoms with Crippen LogP contribution in [0.2, 0.25) is 0 Å². The summed E-state index contributed by atoms with van der Waals surface area (Å²) in [5.41, 5.74) is 9.51. The van der Waals surface area contributed by atoms with Gasteiger partial charge in [0.2, 0.25) is 5.91 Å². The van der Waals surface area contributed by atoms with Gasteiger partial charge >= 0.3 is 0 Å². The molecule has 0 aromatic heterocycles. The summed E-state index contributed by atoms with van der Waals surface area (Å²) >= 11 is 3.45. The summed E-state index contributed by atoms with van der Waals surface area (Å²) in [5, 5.41) is 0. The lowest BCUT2D eigenvalue weighted by Crippen LogP contribution is -2.42. The number of rotatable bonds is 4. The van der Waals surface area contributed by atoms with Gasteiger partial charge in [-0.05, 0) is 34.9 Å². The topological polar surface area (TPSA) is 55.6 Å². The van der Waals surface area contributed by atoms with Crippen molar-refractivity contribution in [3.8, 4) is 5.75 Å². The summed E-state index contributed by atoms with van der Waals surface area (Å²) in [5.74, 6) is 0.726. The molecule has 3 rings (SSSR count). The Labute approximate surface area is 144 Å². The monoisotopic (exact) mass is 374 g/mol. The number of hydrogen-bond donors (Lipinski definition) is 1. The molecule has 0 aliphatic carbocycles. The van der Waals surface area contributed by atoms with Gasteiger partial charge in [0, 0.05) is 24.0 Å². The number of carbonyl (C=O) groups excluding carboxylic acids is 1. The summed E-state index contributed by atoms with van der Waals surface area (Å²) in [6, 6.07) is 13.3. The highest BCUT2D eigenvalue weighted by atomic mass is 79.9. The van der Waals surface area contributed by atoms with Crippen molar-refractivity contribution in [1.29, 1.82) is 0 Å². The Balaban J connectivity index is 1.71. The minimum Gasteiger partial charge on any atom is -0.496 e. The summed E-state index contributed by atoms with van der Waals surface area (Å²) in [7, 11) is 1.62. The summed E-state index contributed by atoms with van der Waals surface area (Å²) in [6.45, 7) is 1.27. The van der Waals surface area contributed by atoms with E-state index in [0.29, 0.717) is 19.5 Å². The lowest BCUT2D eigenvalue weighted by atomic mass is 10.0. The molecule has 1 atom stereocenters. The highest BCUT2D eigenvalue weighted by Crippen LogP contribution is 2.26. The van der Waals surface area contributed by atoms with Gasteiger partial charge < -0.3 is 15.4 Å². The zero-order valence-corrected chi connectivity index (χ0v) is 14.5. The van der Waals surface area contributed by atoms with Gasteiger partial charge in [0.1, 0.15) is 5.75 Å². The van der Waals surface area contributed by atoms with Crippen molar-refractivity contribution in [1.82, 2.24) is 4.90 Å². The standard InChI is InChI=1S/C18H19BrN2O2/c1-23-17-7-6-15(19)8-14(17)9-16(20)18(22)21-10-12-4-2-3-5-13(12)11-21/h2-8,16H,9-11,20H2,1H3. The highest BCUT2D eigenvalue weighted by molar-refractivity contribution is 9.10. The van der Waals surface area contributed by atoms with Crippen molar-refractivity contribution in [2.45, 2.75) is 25.6 Å². The zero-order valence-electron chi connectivity index (χ0n) is 13.0. The molecule has 0 fully saturated rings. The van der Waals surface area contributed by atoms with E-state index in [2.05, 4.69) is 28.1 Å². The first-order valence-corrected chi connectivity index (χ1v) is 8.31. The Morgan fingerprint density at radius 1 is 1.26 bits per heavy atom. The number of halogens is 1. The number of fused-ring (bicyclic) bond motifs is 1. The second kappa shape index (κ2) is 6.72. The molecule has 0 spiro atoms. The second-order valence-corrected chi connectivity index (χ2v) is 6.65. The zero-order chi connectivity index (χ0) is 16.4. The quantitative estimate of drug-likeness (QED) is 0.894. The maximum atomic E-state index is 12.7. The summed E-state index contributed by atoms with van der Waals surface area (Å²) < 4.78 is 6.30. The van der Waals surface area contributed by atoms with Crippen LogP contribution < -0.4 is 10.5 Å². The molecule has 0 bridgehead atoms. The van der Waals surface area contributed by atoms with Crippen molar-refractivity contribution in [2.24, 2.45) is 5.73 Å². The van der Waals surface area contributed by atoms with Gasteiger partial charge in [0.05, 0.1) is 13.2 Å². The highest BCUT2D eigenvalue weighted by Gasteiger charge is 2.27. The van der Waals surface area contributed by atoms with E-state index in [4.69, 9.17) is 10.5 Å². The van der Waals surface area contributed by atoms with Crippen LogP contribution in [0.15, 0.2) is 46.9 Å². The fraction of sp³-hybridized carbons (Fsp3) is 0.278. The van der Waals surface area contributed by atoms with E-state index in [1.54, 1.807) is 7.11 Å². The Morgan fingerprint density at radius 2 is 1.91 bits per heavy atom. The molecule has 1 aliphatic rings. The second-order valence-electron chi connectivity index (χ2n) is 5.73. The molecule has 2 N–H and O–H groups in total. The van der Waals surface area contributed by atoms with Crippen molar-refractivity contribution >= 4 is 21.8 Å². The van der Waals surface area contributed by atoms with Crippen molar-refractivity contribution < 1.29 is 9.53 Å². The van der Waals surface area contributed by atoms with Gasteiger partial charge in [-0.3, -0.25) is 4.79 Å². The van der Waals surface area contributed by atoms with Gasteiger partial charge in [-0.2, -0.15) is 0 Å². The Morgan fingerprint density at radius 3 is 2.52 bits per heavy atom. The third-order valence-electron chi connectivity index (χ3n) is 4.15. The molecule has 120 valence electrons. The fourth-order valence-corrected chi connectivity index (χ4v) is 3.36. The van der Waals surface area contributed by atoms with Crippen molar-refractivity contribution in [3.05, 3.63) is 63.6 Å². The average molecular weight is 375 g/mol. The van der Waals surface area contributed by atoms with E-state index < -0.39 is 6.04 Å². The molecule has 4 nitrogen and oxygen atoms in total. The molecule has 1 amide bonds. The minimum atomic E-state index is -0.576. The van der Waals surface area contributed by atoms with Gasteiger partial charge in [0.25, 0.3) is 0 Å². The van der Waals surface area contributed by atoms with Crippen LogP contribution in [0.1, 0.15) is 16.7 Å². The van der Waals surface area contributed by atoms with E-state index in [-0.39, 0.29) is 5.91 Å². The number of nitrogens with two attached hydrogens (primary N) is 1. The number of ether oxygens (including phenoxy) is 1. The molecule has 1 heterocycles. The molecule has 0 saturated carbocycles. The smallest absolute Gasteiger partial charge is 0.240 e. The van der Waals surface area contributed by atoms with Crippen LogP contribution in [0.3, 0.4) is 0 Å². The number of methoxy groups -OCH3 is 1. The molecule has 23 heavy (non-hydrogen) atoms. The van der Waals surface area contributed by atoms with E-state index >= 15 is 0 Å². The number of nitrogens with zero attached hydrogens (tertiary/aromatic N) is 1. The van der Waals surface area contributed by atoms with Crippen LogP contribution in [-0.4, -0.2) is 24.0 Å². The third kappa shape index (κ3) is 3.41. The summed E-state index contributed by atoms with van der Waals surface area (Å²) in [4.78, 5) is 14.5. The van der Waals surface area contributed by atoms with Crippen LogP contribution >= 0.6 is 15.9 Å². The normalized spacial score (nSPS) is 14.5. The van der Waals surface area contributed by atoms with Crippen LogP contribution in [0.5, 0.6) is 5.75 Å². The van der Waals surface area contributed by atoms with Gasteiger partial charge in [-0.25, -0.2) is 0 Å². The van der Waals surface area contributed by atoms with Gasteiger partial charge in [-0.15, -0.1) is 0 Å². The first-order chi connectivity index (χ1) is 11.1. The Kier molecular flexibility index (Phi) is 4.68. The van der Waals surface area contributed by atoms with Crippen LogP contribution in [0.25, 0.3) is 0 Å². The minimum absolute atomic E-state index is 0.0248. The third-order valence-corrected chi connectivity index (χ3v) is 4.65. The van der Waals surface area contributed by atoms with E-state index in [1.807, 2.05) is 35.2 Å². The van der Waals surface area contributed by atoms with E-state index in [9.17, 15) is 4.79 Å². The van der Waals surface area contributed by atoms with Crippen LogP contribution in [-0.2, 0) is 24.3 Å². The Hall–Kier alpha value is -1.85. The SMILES string of the molecule is COc1ccc(Br)cc1CC(N)C(=O)N1Cc2ccccc2C1. The number of carbonyl (C=O) groups is 1. The molecule has 0 saturated heterocycles. The largest absolute Gasteiger partial charge is 0.496 e. The van der Waals surface area contributed by atoms with E-state index in [0.717, 1.165) is 15.8 Å². The lowest BCUT2D eigenvalue weighted by Gasteiger charge is -2.21. The number of benzene rings is 2. The van der Waals surface area contributed by atoms with E-state index in [1.165, 1.54) is 11.1 Å². The van der Waals surface area contributed by atoms with Crippen molar-refractivity contribution in [2.75, 3.05) is 7.11 Å². The Bertz CT molecular complexity index is 708. The maximum absolute atomic E-state index is 12.7. The molecule has 2 aromatic carbocycles. The molecular weight excluding hydrogens is 356 g/mol.